The van der Waals surface area contributed by atoms with Gasteiger partial charge in [-0.2, -0.15) is 0 Å². The van der Waals surface area contributed by atoms with Gasteiger partial charge in [-0.3, -0.25) is 0 Å². The number of rotatable bonds is 13. The first-order chi connectivity index (χ1) is 12.2. The van der Waals surface area contributed by atoms with E-state index in [9.17, 15) is 0 Å². The highest BCUT2D eigenvalue weighted by Crippen LogP contribution is 2.68. The van der Waals surface area contributed by atoms with E-state index in [0.717, 1.165) is 22.7 Å². The van der Waals surface area contributed by atoms with Crippen LogP contribution in [0.15, 0.2) is 0 Å². The minimum absolute atomic E-state index is 0.804. The highest BCUT2D eigenvalue weighted by molar-refractivity contribution is 5.07. The number of hydrogen-bond donors (Lipinski definition) is 0. The van der Waals surface area contributed by atoms with E-state index in [-0.39, 0.29) is 0 Å². The summed E-state index contributed by atoms with van der Waals surface area (Å²) in [7, 11) is 0. The second kappa shape index (κ2) is 9.27. The predicted octanol–water partition coefficient (Wildman–Crippen LogP) is 8.68. The minimum Gasteiger partial charge on any atom is -0.0654 e. The van der Waals surface area contributed by atoms with Gasteiger partial charge < -0.3 is 0 Å². The van der Waals surface area contributed by atoms with Crippen molar-refractivity contribution in [3.63, 3.8) is 0 Å². The van der Waals surface area contributed by atoms with E-state index in [1.54, 1.807) is 51.4 Å². The van der Waals surface area contributed by atoms with Crippen LogP contribution in [-0.2, 0) is 0 Å². The predicted molar refractivity (Wildman–Crippen MR) is 111 cm³/mol. The van der Waals surface area contributed by atoms with Crippen molar-refractivity contribution < 1.29 is 0 Å². The van der Waals surface area contributed by atoms with Gasteiger partial charge in [-0.1, -0.05) is 84.5 Å². The Morgan fingerprint density at radius 3 is 1.40 bits per heavy atom. The van der Waals surface area contributed by atoms with Gasteiger partial charge >= 0.3 is 0 Å². The number of unbranched alkanes of at least 4 members (excludes halogenated alkanes) is 9. The molecule has 0 aromatic rings. The maximum atomic E-state index is 2.34. The summed E-state index contributed by atoms with van der Waals surface area (Å²) in [6.07, 6.45) is 29.1. The molecular weight excluding hydrogens is 300 g/mol. The quantitative estimate of drug-likeness (QED) is 0.292. The molecule has 4 aliphatic rings. The summed E-state index contributed by atoms with van der Waals surface area (Å²) in [6.45, 7) is 4.67. The second-order valence-electron chi connectivity index (χ2n) is 10.6. The zero-order valence-corrected chi connectivity index (χ0v) is 17.6. The van der Waals surface area contributed by atoms with Crippen molar-refractivity contribution in [1.82, 2.24) is 0 Å². The van der Waals surface area contributed by atoms with E-state index in [0.29, 0.717) is 0 Å². The Morgan fingerprint density at radius 2 is 0.960 bits per heavy atom. The molecule has 0 heterocycles. The van der Waals surface area contributed by atoms with Crippen molar-refractivity contribution in [1.29, 1.82) is 0 Å². The van der Waals surface area contributed by atoms with Crippen LogP contribution in [0.1, 0.15) is 136 Å². The average molecular weight is 347 g/mol. The van der Waals surface area contributed by atoms with Crippen molar-refractivity contribution in [3.05, 3.63) is 0 Å². The molecule has 146 valence electrons. The summed E-state index contributed by atoms with van der Waals surface area (Å²) in [4.78, 5) is 0. The maximum absolute atomic E-state index is 2.34. The molecule has 4 saturated carbocycles. The van der Waals surface area contributed by atoms with Crippen LogP contribution in [0.2, 0.25) is 0 Å². The monoisotopic (exact) mass is 346 g/mol. The lowest BCUT2D eigenvalue weighted by molar-refractivity contribution is -0.118. The molecule has 4 fully saturated rings. The second-order valence-corrected chi connectivity index (χ2v) is 10.6. The summed E-state index contributed by atoms with van der Waals surface area (Å²) in [6, 6.07) is 0. The largest absolute Gasteiger partial charge is 0.0654 e. The molecule has 4 rings (SSSR count). The van der Waals surface area contributed by atoms with E-state index < -0.39 is 0 Å². The molecule has 0 aromatic heterocycles. The minimum atomic E-state index is 0.804. The summed E-state index contributed by atoms with van der Waals surface area (Å²) < 4.78 is 0. The molecule has 4 bridgehead atoms. The lowest BCUT2D eigenvalue weighted by Gasteiger charge is -2.63. The third-order valence-corrected chi connectivity index (χ3v) is 8.17. The van der Waals surface area contributed by atoms with Gasteiger partial charge in [-0.25, -0.2) is 0 Å². The first kappa shape index (κ1) is 19.8. The first-order valence-electron chi connectivity index (χ1n) is 12.2. The molecule has 0 amide bonds. The van der Waals surface area contributed by atoms with E-state index in [1.807, 2.05) is 0 Å². The van der Waals surface area contributed by atoms with Gasteiger partial charge in [0.2, 0.25) is 0 Å². The molecule has 0 saturated heterocycles. The van der Waals surface area contributed by atoms with E-state index in [4.69, 9.17) is 0 Å². The van der Waals surface area contributed by atoms with Crippen molar-refractivity contribution in [2.45, 2.75) is 136 Å². The van der Waals surface area contributed by atoms with Crippen LogP contribution in [0.5, 0.6) is 0 Å². The van der Waals surface area contributed by atoms with E-state index >= 15 is 0 Å². The van der Waals surface area contributed by atoms with Crippen molar-refractivity contribution >= 4 is 0 Å². The summed E-state index contributed by atoms with van der Waals surface area (Å²) in [5.41, 5.74) is 1.61. The van der Waals surface area contributed by atoms with Gasteiger partial charge in [-0.05, 0) is 74.0 Å². The van der Waals surface area contributed by atoms with Crippen molar-refractivity contribution in [2.75, 3.05) is 0 Å². The molecular formula is C25H46. The molecule has 0 aliphatic heterocycles. The lowest BCUT2D eigenvalue weighted by Crippen LogP contribution is -2.51. The molecule has 0 spiro atoms. The molecule has 0 aromatic carbocycles. The fourth-order valence-corrected chi connectivity index (χ4v) is 7.62. The van der Waals surface area contributed by atoms with E-state index in [1.165, 1.54) is 70.6 Å². The van der Waals surface area contributed by atoms with Crippen molar-refractivity contribution in [2.24, 2.45) is 22.7 Å². The van der Waals surface area contributed by atoms with E-state index in [2.05, 4.69) is 13.8 Å². The van der Waals surface area contributed by atoms with Gasteiger partial charge in [0.15, 0.2) is 0 Å². The zero-order valence-electron chi connectivity index (χ0n) is 17.6. The van der Waals surface area contributed by atoms with Crippen LogP contribution < -0.4 is 0 Å². The third-order valence-electron chi connectivity index (χ3n) is 8.17. The topological polar surface area (TPSA) is 0 Å². The zero-order chi connectivity index (χ0) is 17.6. The summed E-state index contributed by atoms with van der Waals surface area (Å²) >= 11 is 0. The Hall–Kier alpha value is 0. The van der Waals surface area contributed by atoms with Crippen LogP contribution in [0, 0.1) is 22.7 Å². The standard InChI is InChI=1S/C25H46/c1-3-5-7-9-11-13-15-25-19-22-16-23(20-25)18-24(17-22,21-25)14-12-10-8-6-4-2/h22-23H,3-21H2,1-2H3. The van der Waals surface area contributed by atoms with Gasteiger partial charge in [0.05, 0.1) is 0 Å². The molecule has 0 heteroatoms. The molecule has 0 nitrogen and oxygen atoms in total. The molecule has 2 atom stereocenters. The third kappa shape index (κ3) is 5.26. The molecule has 25 heavy (non-hydrogen) atoms. The first-order valence-corrected chi connectivity index (χ1v) is 12.2. The number of hydrogen-bond acceptors (Lipinski definition) is 0. The van der Waals surface area contributed by atoms with Gasteiger partial charge in [-0.15, -0.1) is 0 Å². The highest BCUT2D eigenvalue weighted by Gasteiger charge is 2.56. The Bertz CT molecular complexity index is 367. The average Bonchev–Trinajstić information content (AvgIpc) is 2.56. The summed E-state index contributed by atoms with van der Waals surface area (Å²) in [5, 5.41) is 0. The Morgan fingerprint density at radius 1 is 0.560 bits per heavy atom. The fraction of sp³-hybridized carbons (Fsp3) is 1.00. The molecule has 0 N–H and O–H groups in total. The molecule has 0 radical (unpaired) electrons. The SMILES string of the molecule is CCCCCCCCC12CC3CC(CC(CCCCCCC)(C3)C1)C2. The maximum Gasteiger partial charge on any atom is -0.0287 e. The fourth-order valence-electron chi connectivity index (χ4n) is 7.62. The van der Waals surface area contributed by atoms with Crippen LogP contribution in [0.4, 0.5) is 0 Å². The molecule has 4 aliphatic carbocycles. The van der Waals surface area contributed by atoms with Crippen LogP contribution >= 0.6 is 0 Å². The van der Waals surface area contributed by atoms with Gasteiger partial charge in [0, 0.05) is 0 Å². The normalized spacial score (nSPS) is 36.2. The van der Waals surface area contributed by atoms with Crippen LogP contribution in [-0.4, -0.2) is 0 Å². The Labute approximate surface area is 158 Å². The smallest absolute Gasteiger partial charge is 0.0287 e. The van der Waals surface area contributed by atoms with Crippen LogP contribution in [0.3, 0.4) is 0 Å². The van der Waals surface area contributed by atoms with Gasteiger partial charge in [0.1, 0.15) is 0 Å². The Balaban J connectivity index is 1.46. The molecule has 2 unspecified atom stereocenters. The van der Waals surface area contributed by atoms with Gasteiger partial charge in [0.25, 0.3) is 0 Å². The highest BCUT2D eigenvalue weighted by atomic mass is 14.6. The van der Waals surface area contributed by atoms with Crippen molar-refractivity contribution in [3.8, 4) is 0 Å². The lowest BCUT2D eigenvalue weighted by atomic mass is 9.42. The summed E-state index contributed by atoms with van der Waals surface area (Å²) in [5.74, 6) is 2.24. The Kier molecular flexibility index (Phi) is 7.33. The van der Waals surface area contributed by atoms with Crippen LogP contribution in [0.25, 0.3) is 0 Å².